The zero-order chi connectivity index (χ0) is 10.0. The lowest BCUT2D eigenvalue weighted by Crippen LogP contribution is -2.17. The fourth-order valence-electron chi connectivity index (χ4n) is 1.15. The normalized spacial score (nSPS) is 9.77. The van der Waals surface area contributed by atoms with Crippen molar-refractivity contribution in [2.45, 2.75) is 20.8 Å². The van der Waals surface area contributed by atoms with E-state index in [1.165, 1.54) is 5.56 Å². The van der Waals surface area contributed by atoms with Crippen LogP contribution in [0.3, 0.4) is 0 Å². The lowest BCUT2D eigenvalue weighted by molar-refractivity contribution is 0.210. The molecule has 0 unspecified atom stereocenters. The first-order chi connectivity index (χ1) is 6.02. The van der Waals surface area contributed by atoms with E-state index in [4.69, 9.17) is 10.5 Å². The number of primary amides is 1. The predicted molar refractivity (Wildman–Crippen MR) is 50.9 cm³/mol. The van der Waals surface area contributed by atoms with Gasteiger partial charge in [-0.2, -0.15) is 0 Å². The highest BCUT2D eigenvalue weighted by atomic mass is 16.5. The van der Waals surface area contributed by atoms with E-state index in [1.807, 2.05) is 26.8 Å². The van der Waals surface area contributed by atoms with Gasteiger partial charge in [-0.25, -0.2) is 4.79 Å². The highest BCUT2D eigenvalue weighted by Gasteiger charge is 2.06. The van der Waals surface area contributed by atoms with Crippen LogP contribution < -0.4 is 10.5 Å². The van der Waals surface area contributed by atoms with Crippen molar-refractivity contribution >= 4 is 6.09 Å². The standard InChI is InChI=1S/C10H13NO2/c1-6-4-5-9(13-10(11)12)8(3)7(6)2/h4-5H,1-3H3,(H2,11,12). The Morgan fingerprint density at radius 1 is 1.23 bits per heavy atom. The second kappa shape index (κ2) is 3.47. The van der Waals surface area contributed by atoms with Gasteiger partial charge in [0.25, 0.3) is 0 Å². The highest BCUT2D eigenvalue weighted by molar-refractivity contribution is 5.68. The average Bonchev–Trinajstić information content (AvgIpc) is 2.06. The van der Waals surface area contributed by atoms with Gasteiger partial charge < -0.3 is 10.5 Å². The van der Waals surface area contributed by atoms with E-state index in [1.54, 1.807) is 6.07 Å². The van der Waals surface area contributed by atoms with Crippen LogP contribution in [0.5, 0.6) is 5.75 Å². The first-order valence-corrected chi connectivity index (χ1v) is 4.06. The molecule has 0 bridgehead atoms. The Bertz CT molecular complexity index is 345. The van der Waals surface area contributed by atoms with Gasteiger partial charge in [0.2, 0.25) is 0 Å². The molecule has 0 aliphatic rings. The Hall–Kier alpha value is -1.51. The Kier molecular flexibility index (Phi) is 2.56. The maximum Gasteiger partial charge on any atom is 0.409 e. The fraction of sp³-hybridized carbons (Fsp3) is 0.300. The van der Waals surface area contributed by atoms with Crippen molar-refractivity contribution in [3.05, 3.63) is 28.8 Å². The molecule has 0 saturated carbocycles. The summed E-state index contributed by atoms with van der Waals surface area (Å²) >= 11 is 0. The predicted octanol–water partition coefficient (Wildman–Crippen LogP) is 2.07. The van der Waals surface area contributed by atoms with Gasteiger partial charge in [-0.15, -0.1) is 0 Å². The highest BCUT2D eigenvalue weighted by Crippen LogP contribution is 2.23. The molecule has 0 radical (unpaired) electrons. The van der Waals surface area contributed by atoms with Crippen LogP contribution in [0, 0.1) is 20.8 Å². The van der Waals surface area contributed by atoms with Crippen molar-refractivity contribution < 1.29 is 9.53 Å². The number of ether oxygens (including phenoxy) is 1. The number of nitrogens with two attached hydrogens (primary N) is 1. The van der Waals surface area contributed by atoms with Crippen molar-refractivity contribution in [1.82, 2.24) is 0 Å². The molecule has 1 amide bonds. The van der Waals surface area contributed by atoms with Crippen LogP contribution in [-0.2, 0) is 0 Å². The molecule has 70 valence electrons. The van der Waals surface area contributed by atoms with Gasteiger partial charge in [-0.1, -0.05) is 6.07 Å². The van der Waals surface area contributed by atoms with Crippen LogP contribution >= 0.6 is 0 Å². The van der Waals surface area contributed by atoms with E-state index in [0.29, 0.717) is 5.75 Å². The zero-order valence-corrected chi connectivity index (χ0v) is 8.05. The lowest BCUT2D eigenvalue weighted by Gasteiger charge is -2.09. The largest absolute Gasteiger partial charge is 0.410 e. The summed E-state index contributed by atoms with van der Waals surface area (Å²) in [6.07, 6.45) is -0.772. The third-order valence-corrected chi connectivity index (χ3v) is 2.22. The lowest BCUT2D eigenvalue weighted by atomic mass is 10.0. The second-order valence-corrected chi connectivity index (χ2v) is 3.05. The fourth-order valence-corrected chi connectivity index (χ4v) is 1.15. The number of carbonyl (C=O) groups is 1. The minimum atomic E-state index is -0.772. The molecule has 3 heteroatoms. The van der Waals surface area contributed by atoms with Crippen molar-refractivity contribution in [1.29, 1.82) is 0 Å². The smallest absolute Gasteiger partial charge is 0.409 e. The van der Waals surface area contributed by atoms with Gasteiger partial charge in [-0.05, 0) is 43.5 Å². The number of carbonyl (C=O) groups excluding carboxylic acids is 1. The maximum atomic E-state index is 10.5. The molecular formula is C10H13NO2. The van der Waals surface area contributed by atoms with Crippen molar-refractivity contribution in [3.63, 3.8) is 0 Å². The number of rotatable bonds is 1. The topological polar surface area (TPSA) is 52.3 Å². The van der Waals surface area contributed by atoms with Crippen LogP contribution in [0.4, 0.5) is 4.79 Å². The molecule has 0 aliphatic heterocycles. The summed E-state index contributed by atoms with van der Waals surface area (Å²) in [7, 11) is 0. The summed E-state index contributed by atoms with van der Waals surface area (Å²) in [5, 5.41) is 0. The van der Waals surface area contributed by atoms with Gasteiger partial charge in [0.15, 0.2) is 0 Å². The molecule has 13 heavy (non-hydrogen) atoms. The van der Waals surface area contributed by atoms with E-state index >= 15 is 0 Å². The molecule has 0 saturated heterocycles. The van der Waals surface area contributed by atoms with Gasteiger partial charge in [0, 0.05) is 0 Å². The molecule has 0 heterocycles. The zero-order valence-electron chi connectivity index (χ0n) is 8.05. The van der Waals surface area contributed by atoms with Crippen LogP contribution in [0.25, 0.3) is 0 Å². The molecule has 1 aromatic carbocycles. The van der Waals surface area contributed by atoms with Crippen molar-refractivity contribution in [2.24, 2.45) is 5.73 Å². The van der Waals surface area contributed by atoms with E-state index in [9.17, 15) is 4.79 Å². The van der Waals surface area contributed by atoms with Gasteiger partial charge in [0.05, 0.1) is 0 Å². The molecule has 0 aliphatic carbocycles. The molecule has 0 fully saturated rings. The second-order valence-electron chi connectivity index (χ2n) is 3.05. The van der Waals surface area contributed by atoms with E-state index in [-0.39, 0.29) is 0 Å². The molecule has 1 rings (SSSR count). The summed E-state index contributed by atoms with van der Waals surface area (Å²) in [6.45, 7) is 5.90. The Morgan fingerprint density at radius 2 is 1.85 bits per heavy atom. The minimum absolute atomic E-state index is 0.538. The molecule has 1 aromatic rings. The van der Waals surface area contributed by atoms with Crippen LogP contribution in [0.15, 0.2) is 12.1 Å². The SMILES string of the molecule is Cc1ccc(OC(N)=O)c(C)c1C. The molecule has 0 spiro atoms. The molecule has 0 atom stereocenters. The van der Waals surface area contributed by atoms with E-state index < -0.39 is 6.09 Å². The Labute approximate surface area is 77.5 Å². The number of hydrogen-bond acceptors (Lipinski definition) is 2. The summed E-state index contributed by atoms with van der Waals surface area (Å²) in [6, 6.07) is 3.66. The van der Waals surface area contributed by atoms with Crippen molar-refractivity contribution in [3.8, 4) is 5.75 Å². The summed E-state index contributed by atoms with van der Waals surface area (Å²) in [5.41, 5.74) is 8.18. The van der Waals surface area contributed by atoms with Gasteiger partial charge in [-0.3, -0.25) is 0 Å². The first kappa shape index (κ1) is 9.58. The maximum absolute atomic E-state index is 10.5. The first-order valence-electron chi connectivity index (χ1n) is 4.06. The van der Waals surface area contributed by atoms with Crippen LogP contribution in [0.1, 0.15) is 16.7 Å². The van der Waals surface area contributed by atoms with E-state index in [0.717, 1.165) is 11.1 Å². The van der Waals surface area contributed by atoms with Gasteiger partial charge in [0.1, 0.15) is 5.75 Å². The molecule has 0 aromatic heterocycles. The number of amides is 1. The quantitative estimate of drug-likeness (QED) is 0.717. The number of aryl methyl sites for hydroxylation is 1. The summed E-state index contributed by atoms with van der Waals surface area (Å²) in [4.78, 5) is 10.5. The molecular weight excluding hydrogens is 166 g/mol. The third-order valence-electron chi connectivity index (χ3n) is 2.22. The summed E-state index contributed by atoms with van der Waals surface area (Å²) in [5.74, 6) is 0.538. The van der Waals surface area contributed by atoms with Crippen LogP contribution in [-0.4, -0.2) is 6.09 Å². The Morgan fingerprint density at radius 3 is 2.38 bits per heavy atom. The van der Waals surface area contributed by atoms with Crippen LogP contribution in [0.2, 0.25) is 0 Å². The average molecular weight is 179 g/mol. The molecule has 2 N–H and O–H groups in total. The Balaban J connectivity index is 3.10. The number of hydrogen-bond donors (Lipinski definition) is 1. The molecule has 3 nitrogen and oxygen atoms in total. The minimum Gasteiger partial charge on any atom is -0.410 e. The van der Waals surface area contributed by atoms with Gasteiger partial charge >= 0.3 is 6.09 Å². The third kappa shape index (κ3) is 1.99. The monoisotopic (exact) mass is 179 g/mol. The van der Waals surface area contributed by atoms with Crippen molar-refractivity contribution in [2.75, 3.05) is 0 Å². The summed E-state index contributed by atoms with van der Waals surface area (Å²) < 4.78 is 4.82. The number of benzene rings is 1. The van der Waals surface area contributed by atoms with E-state index in [2.05, 4.69) is 0 Å².